The van der Waals surface area contributed by atoms with Gasteiger partial charge in [0.05, 0.1) is 5.69 Å². The second-order valence-electron chi connectivity index (χ2n) is 3.21. The maximum Gasteiger partial charge on any atom is 0.265 e. The Morgan fingerprint density at radius 2 is 2.27 bits per heavy atom. The van der Waals surface area contributed by atoms with Crippen molar-refractivity contribution >= 4 is 34.8 Å². The van der Waals surface area contributed by atoms with Crippen LogP contribution in [0.15, 0.2) is 18.2 Å². The first-order valence-corrected chi connectivity index (χ1v) is 5.45. The lowest BCUT2D eigenvalue weighted by Gasteiger charge is -2.25. The number of benzene rings is 1. The highest BCUT2D eigenvalue weighted by Gasteiger charge is 2.26. The molecule has 1 amide bonds. The normalized spacial score (nSPS) is 19.1. The van der Waals surface area contributed by atoms with Crippen molar-refractivity contribution < 1.29 is 9.53 Å². The van der Waals surface area contributed by atoms with Crippen LogP contribution in [0.4, 0.5) is 5.69 Å². The summed E-state index contributed by atoms with van der Waals surface area (Å²) < 4.78 is 5.48. The van der Waals surface area contributed by atoms with Crippen molar-refractivity contribution in [2.45, 2.75) is 12.5 Å². The highest BCUT2D eigenvalue weighted by molar-refractivity contribution is 6.31. The first-order chi connectivity index (χ1) is 7.20. The molecule has 0 fully saturated rings. The largest absolute Gasteiger partial charge is 0.478 e. The molecule has 0 aromatic heterocycles. The van der Waals surface area contributed by atoms with Gasteiger partial charge in [-0.1, -0.05) is 11.6 Å². The molecule has 2 rings (SSSR count). The Morgan fingerprint density at radius 3 is 3.00 bits per heavy atom. The Morgan fingerprint density at radius 1 is 1.47 bits per heavy atom. The predicted molar refractivity (Wildman–Crippen MR) is 59.8 cm³/mol. The van der Waals surface area contributed by atoms with Gasteiger partial charge in [-0.05, 0) is 18.2 Å². The molecule has 15 heavy (non-hydrogen) atoms. The second kappa shape index (κ2) is 4.29. The Hall–Kier alpha value is -0.930. The minimum atomic E-state index is -0.504. The zero-order chi connectivity index (χ0) is 10.8. The third-order valence-electron chi connectivity index (χ3n) is 2.13. The van der Waals surface area contributed by atoms with Gasteiger partial charge in [-0.25, -0.2) is 0 Å². The van der Waals surface area contributed by atoms with Crippen molar-refractivity contribution in [1.29, 1.82) is 0 Å². The molecule has 5 heteroatoms. The summed E-state index contributed by atoms with van der Waals surface area (Å²) >= 11 is 11.4. The van der Waals surface area contributed by atoms with Gasteiger partial charge in [0.1, 0.15) is 5.75 Å². The van der Waals surface area contributed by atoms with Crippen LogP contribution < -0.4 is 10.1 Å². The first kappa shape index (κ1) is 10.6. The third kappa shape index (κ3) is 2.19. The Balaban J connectivity index is 2.26. The van der Waals surface area contributed by atoms with Crippen LogP contribution in [0, 0.1) is 0 Å². The third-order valence-corrected chi connectivity index (χ3v) is 2.59. The van der Waals surface area contributed by atoms with E-state index < -0.39 is 6.10 Å². The Kier molecular flexibility index (Phi) is 3.03. The number of hydrogen-bond acceptors (Lipinski definition) is 2. The molecule has 1 aliphatic rings. The number of rotatable bonds is 2. The van der Waals surface area contributed by atoms with Crippen LogP contribution in [0.2, 0.25) is 5.02 Å². The van der Waals surface area contributed by atoms with Gasteiger partial charge in [0.2, 0.25) is 0 Å². The maximum atomic E-state index is 11.5. The standard InChI is InChI=1S/C10H9Cl2NO2/c11-4-3-9-10(14)13-7-5-6(12)1-2-8(7)15-9/h1-2,5,9H,3-4H2,(H,13,14)/t9-/m0/s1. The molecule has 80 valence electrons. The molecular formula is C10H9Cl2NO2. The minimum absolute atomic E-state index is 0.176. The summed E-state index contributed by atoms with van der Waals surface area (Å²) in [5.74, 6) is 0.848. The van der Waals surface area contributed by atoms with Gasteiger partial charge in [-0.15, -0.1) is 11.6 Å². The smallest absolute Gasteiger partial charge is 0.265 e. The number of anilines is 1. The number of alkyl halides is 1. The topological polar surface area (TPSA) is 38.3 Å². The van der Waals surface area contributed by atoms with Crippen LogP contribution in [-0.2, 0) is 4.79 Å². The van der Waals surface area contributed by atoms with E-state index in [0.717, 1.165) is 0 Å². The lowest BCUT2D eigenvalue weighted by molar-refractivity contribution is -0.123. The van der Waals surface area contributed by atoms with E-state index in [4.69, 9.17) is 27.9 Å². The first-order valence-electron chi connectivity index (χ1n) is 4.54. The van der Waals surface area contributed by atoms with Crippen LogP contribution in [0.1, 0.15) is 6.42 Å². The fourth-order valence-electron chi connectivity index (χ4n) is 1.41. The minimum Gasteiger partial charge on any atom is -0.478 e. The summed E-state index contributed by atoms with van der Waals surface area (Å²) in [5.41, 5.74) is 0.610. The Bertz CT molecular complexity index is 395. The number of hydrogen-bond donors (Lipinski definition) is 1. The zero-order valence-corrected chi connectivity index (χ0v) is 9.31. The summed E-state index contributed by atoms with van der Waals surface area (Å²) in [6.45, 7) is 0. The van der Waals surface area contributed by atoms with Crippen LogP contribution >= 0.6 is 23.2 Å². The maximum absolute atomic E-state index is 11.5. The van der Waals surface area contributed by atoms with E-state index >= 15 is 0 Å². The molecule has 0 spiro atoms. The number of fused-ring (bicyclic) bond motifs is 1. The summed E-state index contributed by atoms with van der Waals surface area (Å²) in [5, 5.41) is 3.29. The number of carbonyl (C=O) groups is 1. The highest BCUT2D eigenvalue weighted by Crippen LogP contribution is 2.32. The van der Waals surface area contributed by atoms with E-state index in [1.165, 1.54) is 0 Å². The van der Waals surface area contributed by atoms with Crippen LogP contribution in [-0.4, -0.2) is 17.9 Å². The molecule has 1 aromatic rings. The zero-order valence-electron chi connectivity index (χ0n) is 7.80. The van der Waals surface area contributed by atoms with Gasteiger partial charge in [-0.3, -0.25) is 4.79 Å². The highest BCUT2D eigenvalue weighted by atomic mass is 35.5. The quantitative estimate of drug-likeness (QED) is 0.814. The average Bonchev–Trinajstić information content (AvgIpc) is 2.20. The van der Waals surface area contributed by atoms with Crippen molar-refractivity contribution in [2.24, 2.45) is 0 Å². The van der Waals surface area contributed by atoms with E-state index in [1.807, 2.05) is 0 Å². The SMILES string of the molecule is O=C1Nc2cc(Cl)ccc2O[C@H]1CCCl. The van der Waals surface area contributed by atoms with E-state index in [-0.39, 0.29) is 5.91 Å². The van der Waals surface area contributed by atoms with Crippen molar-refractivity contribution in [3.8, 4) is 5.75 Å². The van der Waals surface area contributed by atoms with Crippen molar-refractivity contribution in [3.63, 3.8) is 0 Å². The van der Waals surface area contributed by atoms with Gasteiger partial charge in [0.25, 0.3) is 5.91 Å². The molecule has 0 bridgehead atoms. The summed E-state index contributed by atoms with van der Waals surface area (Å²) in [4.78, 5) is 11.5. The number of nitrogens with one attached hydrogen (secondary N) is 1. The summed E-state index contributed by atoms with van der Waals surface area (Å²) in [6, 6.07) is 5.11. The van der Waals surface area contributed by atoms with E-state index in [9.17, 15) is 4.79 Å². The van der Waals surface area contributed by atoms with Gasteiger partial charge >= 0.3 is 0 Å². The number of carbonyl (C=O) groups excluding carboxylic acids is 1. The van der Waals surface area contributed by atoms with Crippen LogP contribution in [0.25, 0.3) is 0 Å². The molecule has 0 saturated carbocycles. The lowest BCUT2D eigenvalue weighted by Crippen LogP contribution is -2.37. The monoisotopic (exact) mass is 245 g/mol. The molecule has 1 atom stereocenters. The predicted octanol–water partition coefficient (Wildman–Crippen LogP) is 2.67. The van der Waals surface area contributed by atoms with Gasteiger partial charge in [-0.2, -0.15) is 0 Å². The van der Waals surface area contributed by atoms with Crippen LogP contribution in [0.5, 0.6) is 5.75 Å². The fraction of sp³-hybridized carbons (Fsp3) is 0.300. The second-order valence-corrected chi connectivity index (χ2v) is 4.03. The molecule has 0 radical (unpaired) electrons. The molecule has 0 unspecified atom stereocenters. The molecule has 0 saturated heterocycles. The number of halogens is 2. The number of ether oxygens (including phenoxy) is 1. The van der Waals surface area contributed by atoms with Gasteiger partial charge < -0.3 is 10.1 Å². The molecule has 1 heterocycles. The molecule has 3 nitrogen and oxygen atoms in total. The molecular weight excluding hydrogens is 237 g/mol. The van der Waals surface area contributed by atoms with Crippen LogP contribution in [0.3, 0.4) is 0 Å². The van der Waals surface area contributed by atoms with Crippen molar-refractivity contribution in [3.05, 3.63) is 23.2 Å². The van der Waals surface area contributed by atoms with E-state index in [2.05, 4.69) is 5.32 Å². The Labute approximate surface area is 97.3 Å². The summed E-state index contributed by atoms with van der Waals surface area (Å²) in [7, 11) is 0. The average molecular weight is 246 g/mol. The molecule has 0 aliphatic carbocycles. The van der Waals surface area contributed by atoms with Gasteiger partial charge in [0, 0.05) is 17.3 Å². The van der Waals surface area contributed by atoms with Crippen molar-refractivity contribution in [2.75, 3.05) is 11.2 Å². The molecule has 1 aromatic carbocycles. The van der Waals surface area contributed by atoms with Gasteiger partial charge in [0.15, 0.2) is 6.10 Å². The van der Waals surface area contributed by atoms with E-state index in [0.29, 0.717) is 28.8 Å². The summed E-state index contributed by atoms with van der Waals surface area (Å²) in [6.07, 6.45) is -0.00805. The van der Waals surface area contributed by atoms with Crippen molar-refractivity contribution in [1.82, 2.24) is 0 Å². The molecule has 1 N–H and O–H groups in total. The number of amides is 1. The van der Waals surface area contributed by atoms with E-state index in [1.54, 1.807) is 18.2 Å². The fourth-order valence-corrected chi connectivity index (χ4v) is 1.78. The lowest BCUT2D eigenvalue weighted by atomic mass is 10.2. The molecule has 1 aliphatic heterocycles.